The molecule has 3 N–H and O–H groups in total. The Hall–Kier alpha value is -1.16. The summed E-state index contributed by atoms with van der Waals surface area (Å²) in [7, 11) is 0. The minimum atomic E-state index is -0.265. The standard InChI is InChI=1S/C27H39NO2/c1-15-11-25(30)26(28-14-15)17(3)20-7-8-21-22-6-5-18-12-19(29)9-10-27(18,4)24(22)13-23(21)16(20)2/h5,7-8,15,17,19,22,24-26,28-30H,6,9-14H2,1-4H3/t15-,17+,19-,22-,24-,25+,26+,27+/m1/s1. The summed E-state index contributed by atoms with van der Waals surface area (Å²) in [5.41, 5.74) is 7.79. The van der Waals surface area contributed by atoms with E-state index in [0.29, 0.717) is 23.7 Å². The summed E-state index contributed by atoms with van der Waals surface area (Å²) >= 11 is 0. The van der Waals surface area contributed by atoms with Crippen LogP contribution in [0.1, 0.15) is 87.0 Å². The molecule has 0 bridgehead atoms. The van der Waals surface area contributed by atoms with Gasteiger partial charge in [-0.1, -0.05) is 44.6 Å². The average molecular weight is 410 g/mol. The van der Waals surface area contributed by atoms with Crippen molar-refractivity contribution in [2.45, 2.75) is 96.3 Å². The van der Waals surface area contributed by atoms with Crippen LogP contribution in [0.5, 0.6) is 0 Å². The number of aliphatic hydroxyl groups excluding tert-OH is 2. The fraction of sp³-hybridized carbons (Fsp3) is 0.704. The summed E-state index contributed by atoms with van der Waals surface area (Å²) in [5.74, 6) is 2.16. The summed E-state index contributed by atoms with van der Waals surface area (Å²) in [6.07, 6.45) is 8.20. The molecule has 1 saturated heterocycles. The molecule has 3 nitrogen and oxygen atoms in total. The molecule has 5 rings (SSSR count). The fourth-order valence-corrected chi connectivity index (χ4v) is 7.49. The van der Waals surface area contributed by atoms with Gasteiger partial charge in [0.15, 0.2) is 0 Å². The predicted molar refractivity (Wildman–Crippen MR) is 122 cm³/mol. The molecule has 0 spiro atoms. The van der Waals surface area contributed by atoms with E-state index in [1.54, 1.807) is 11.1 Å². The molecule has 1 aromatic carbocycles. The van der Waals surface area contributed by atoms with Crippen LogP contribution in [0, 0.1) is 24.2 Å². The van der Waals surface area contributed by atoms with E-state index in [4.69, 9.17) is 0 Å². The fourth-order valence-electron chi connectivity index (χ4n) is 7.49. The van der Waals surface area contributed by atoms with Crippen molar-refractivity contribution in [2.75, 3.05) is 6.54 Å². The first-order chi connectivity index (χ1) is 14.3. The SMILES string of the molecule is Cc1c([C@H](C)[C@@H]2NC[C@H](C)C[C@@H]2O)ccc2c1C[C@@H]1[C@@H]2CC=C2C[C@H](O)CC[C@@]21C. The van der Waals surface area contributed by atoms with Gasteiger partial charge >= 0.3 is 0 Å². The maximum absolute atomic E-state index is 10.7. The van der Waals surface area contributed by atoms with Gasteiger partial charge < -0.3 is 15.5 Å². The third-order valence-corrected chi connectivity index (χ3v) is 9.40. The highest BCUT2D eigenvalue weighted by molar-refractivity contribution is 5.49. The van der Waals surface area contributed by atoms with Crippen molar-refractivity contribution < 1.29 is 10.2 Å². The molecule has 1 heterocycles. The van der Waals surface area contributed by atoms with Crippen molar-refractivity contribution in [2.24, 2.45) is 17.3 Å². The monoisotopic (exact) mass is 409 g/mol. The van der Waals surface area contributed by atoms with Crippen molar-refractivity contribution in [3.8, 4) is 0 Å². The Morgan fingerprint density at radius 3 is 2.77 bits per heavy atom. The van der Waals surface area contributed by atoms with Gasteiger partial charge in [0.05, 0.1) is 12.2 Å². The Bertz CT molecular complexity index is 861. The molecule has 8 atom stereocenters. The number of hydrogen-bond donors (Lipinski definition) is 3. The maximum Gasteiger partial charge on any atom is 0.0702 e. The van der Waals surface area contributed by atoms with Crippen molar-refractivity contribution in [3.63, 3.8) is 0 Å². The lowest BCUT2D eigenvalue weighted by molar-refractivity contribution is 0.0656. The summed E-state index contributed by atoms with van der Waals surface area (Å²) in [5, 5.41) is 24.6. The van der Waals surface area contributed by atoms with Crippen molar-refractivity contribution in [3.05, 3.63) is 46.0 Å². The van der Waals surface area contributed by atoms with Gasteiger partial charge in [0.2, 0.25) is 0 Å². The van der Waals surface area contributed by atoms with Gasteiger partial charge in [-0.3, -0.25) is 0 Å². The van der Waals surface area contributed by atoms with Crippen LogP contribution >= 0.6 is 0 Å². The Morgan fingerprint density at radius 1 is 1.20 bits per heavy atom. The normalized spacial score (nSPS) is 41.5. The Morgan fingerprint density at radius 2 is 2.00 bits per heavy atom. The molecule has 0 amide bonds. The van der Waals surface area contributed by atoms with Gasteiger partial charge in [-0.05, 0) is 103 Å². The summed E-state index contributed by atoms with van der Waals surface area (Å²) < 4.78 is 0. The number of fused-ring (bicyclic) bond motifs is 5. The van der Waals surface area contributed by atoms with Crippen molar-refractivity contribution >= 4 is 0 Å². The summed E-state index contributed by atoms with van der Waals surface area (Å²) in [6, 6.07) is 4.92. The zero-order valence-corrected chi connectivity index (χ0v) is 19.1. The summed E-state index contributed by atoms with van der Waals surface area (Å²) in [4.78, 5) is 0. The first kappa shape index (κ1) is 20.7. The van der Waals surface area contributed by atoms with Crippen LogP contribution in [0.4, 0.5) is 0 Å². The number of piperidine rings is 1. The second kappa shape index (κ2) is 7.46. The van der Waals surface area contributed by atoms with E-state index >= 15 is 0 Å². The van der Waals surface area contributed by atoms with Gasteiger partial charge in [-0.15, -0.1) is 0 Å². The van der Waals surface area contributed by atoms with E-state index in [2.05, 4.69) is 51.2 Å². The minimum Gasteiger partial charge on any atom is -0.393 e. The lowest BCUT2D eigenvalue weighted by atomic mass is 9.57. The Labute approximate surface area is 182 Å². The van der Waals surface area contributed by atoms with Gasteiger partial charge in [0.25, 0.3) is 0 Å². The number of benzene rings is 1. The van der Waals surface area contributed by atoms with Crippen LogP contribution < -0.4 is 5.32 Å². The number of hydrogen-bond acceptors (Lipinski definition) is 3. The van der Waals surface area contributed by atoms with Crippen LogP contribution in [0.25, 0.3) is 0 Å². The van der Waals surface area contributed by atoms with Crippen LogP contribution in [0.3, 0.4) is 0 Å². The van der Waals surface area contributed by atoms with E-state index in [-0.39, 0.29) is 23.7 Å². The number of aliphatic hydroxyl groups is 2. The molecule has 4 aliphatic rings. The first-order valence-corrected chi connectivity index (χ1v) is 12.2. The largest absolute Gasteiger partial charge is 0.393 e. The van der Waals surface area contributed by atoms with Gasteiger partial charge in [0.1, 0.15) is 0 Å². The molecule has 2 fully saturated rings. The molecule has 0 unspecified atom stereocenters. The maximum atomic E-state index is 10.7. The molecular weight excluding hydrogens is 370 g/mol. The third kappa shape index (κ3) is 3.12. The Kier molecular flexibility index (Phi) is 5.16. The molecule has 1 aliphatic heterocycles. The first-order valence-electron chi connectivity index (χ1n) is 12.2. The zero-order valence-electron chi connectivity index (χ0n) is 19.1. The van der Waals surface area contributed by atoms with E-state index in [9.17, 15) is 10.2 Å². The second-order valence-electron chi connectivity index (χ2n) is 11.2. The molecule has 3 aliphatic carbocycles. The number of rotatable bonds is 2. The van der Waals surface area contributed by atoms with Gasteiger partial charge in [-0.2, -0.15) is 0 Å². The molecule has 1 saturated carbocycles. The third-order valence-electron chi connectivity index (χ3n) is 9.40. The smallest absolute Gasteiger partial charge is 0.0702 e. The predicted octanol–water partition coefficient (Wildman–Crippen LogP) is 4.59. The molecule has 164 valence electrons. The Balaban J connectivity index is 1.44. The highest BCUT2D eigenvalue weighted by atomic mass is 16.3. The molecule has 1 aromatic rings. The molecule has 30 heavy (non-hydrogen) atoms. The van der Waals surface area contributed by atoms with E-state index in [1.165, 1.54) is 23.1 Å². The second-order valence-corrected chi connectivity index (χ2v) is 11.2. The van der Waals surface area contributed by atoms with Crippen LogP contribution in [0.2, 0.25) is 0 Å². The molecular formula is C27H39NO2. The zero-order chi connectivity index (χ0) is 21.2. The average Bonchev–Trinajstić information content (AvgIpc) is 3.09. The minimum absolute atomic E-state index is 0.143. The van der Waals surface area contributed by atoms with E-state index in [0.717, 1.165) is 38.6 Å². The van der Waals surface area contributed by atoms with Gasteiger partial charge in [-0.25, -0.2) is 0 Å². The highest BCUT2D eigenvalue weighted by Gasteiger charge is 2.50. The lowest BCUT2D eigenvalue weighted by Crippen LogP contribution is -2.50. The van der Waals surface area contributed by atoms with Gasteiger partial charge in [0, 0.05) is 6.04 Å². The van der Waals surface area contributed by atoms with Crippen LogP contribution in [-0.4, -0.2) is 35.0 Å². The van der Waals surface area contributed by atoms with E-state index in [1.807, 2.05) is 0 Å². The molecule has 0 aromatic heterocycles. The number of allylic oxidation sites excluding steroid dienone is 1. The number of nitrogens with one attached hydrogen (secondary N) is 1. The van der Waals surface area contributed by atoms with Crippen molar-refractivity contribution in [1.29, 1.82) is 0 Å². The molecule has 0 radical (unpaired) electrons. The highest BCUT2D eigenvalue weighted by Crippen LogP contribution is 2.60. The lowest BCUT2D eigenvalue weighted by Gasteiger charge is -2.48. The molecule has 3 heteroatoms. The summed E-state index contributed by atoms with van der Waals surface area (Å²) in [6.45, 7) is 10.3. The van der Waals surface area contributed by atoms with Crippen LogP contribution in [0.15, 0.2) is 23.8 Å². The quantitative estimate of drug-likeness (QED) is 0.626. The van der Waals surface area contributed by atoms with E-state index < -0.39 is 0 Å². The topological polar surface area (TPSA) is 52.5 Å². The van der Waals surface area contributed by atoms with Crippen molar-refractivity contribution in [1.82, 2.24) is 5.32 Å². The van der Waals surface area contributed by atoms with Crippen LogP contribution in [-0.2, 0) is 6.42 Å².